The van der Waals surface area contributed by atoms with E-state index in [0.29, 0.717) is 30.1 Å². The van der Waals surface area contributed by atoms with Gasteiger partial charge in [0.2, 0.25) is 0 Å². The van der Waals surface area contributed by atoms with Crippen molar-refractivity contribution < 1.29 is 18.6 Å². The molecular formula is C21H31FO3. The first-order chi connectivity index (χ1) is 12.2. The second kappa shape index (κ2) is 8.88. The van der Waals surface area contributed by atoms with Gasteiger partial charge in [-0.05, 0) is 63.9 Å². The van der Waals surface area contributed by atoms with E-state index in [9.17, 15) is 4.39 Å². The van der Waals surface area contributed by atoms with E-state index in [1.807, 2.05) is 13.0 Å². The number of aryl methyl sites for hydroxylation is 1. The number of hydrogen-bond acceptors (Lipinski definition) is 3. The topological polar surface area (TPSA) is 27.7 Å². The summed E-state index contributed by atoms with van der Waals surface area (Å²) in [6, 6.07) is 3.45. The number of fused-ring (bicyclic) bond motifs is 1. The van der Waals surface area contributed by atoms with Gasteiger partial charge >= 0.3 is 0 Å². The van der Waals surface area contributed by atoms with Crippen LogP contribution < -0.4 is 9.47 Å². The number of hydrogen-bond donors (Lipinski definition) is 0. The van der Waals surface area contributed by atoms with Crippen molar-refractivity contribution >= 4 is 0 Å². The van der Waals surface area contributed by atoms with Gasteiger partial charge in [0.05, 0.1) is 18.8 Å². The molecule has 0 saturated heterocycles. The van der Waals surface area contributed by atoms with Gasteiger partial charge in [-0.15, -0.1) is 0 Å². The maximum Gasteiger partial charge on any atom is 0.169 e. The van der Waals surface area contributed by atoms with Crippen LogP contribution in [0.25, 0.3) is 0 Å². The van der Waals surface area contributed by atoms with Gasteiger partial charge < -0.3 is 14.2 Å². The van der Waals surface area contributed by atoms with E-state index in [2.05, 4.69) is 6.92 Å². The Hall–Kier alpha value is -1.29. The number of rotatable bonds is 7. The molecule has 1 fully saturated rings. The van der Waals surface area contributed by atoms with Gasteiger partial charge in [0, 0.05) is 18.2 Å². The summed E-state index contributed by atoms with van der Waals surface area (Å²) in [5, 5.41) is 0. The second-order valence-corrected chi connectivity index (χ2v) is 7.37. The molecule has 1 atom stereocenters. The van der Waals surface area contributed by atoms with Crippen molar-refractivity contribution in [2.45, 2.75) is 77.4 Å². The van der Waals surface area contributed by atoms with Crippen molar-refractivity contribution in [1.29, 1.82) is 0 Å². The summed E-state index contributed by atoms with van der Waals surface area (Å²) in [5.41, 5.74) is 0.947. The van der Waals surface area contributed by atoms with Gasteiger partial charge in [-0.1, -0.05) is 13.3 Å². The summed E-state index contributed by atoms with van der Waals surface area (Å²) in [5.74, 6) is 1.34. The van der Waals surface area contributed by atoms with Gasteiger partial charge in [0.1, 0.15) is 5.75 Å². The van der Waals surface area contributed by atoms with Crippen LogP contribution in [-0.2, 0) is 11.2 Å². The summed E-state index contributed by atoms with van der Waals surface area (Å²) in [6.07, 6.45) is 8.91. The molecule has 0 spiro atoms. The number of ether oxygens (including phenoxy) is 3. The van der Waals surface area contributed by atoms with Crippen molar-refractivity contribution in [3.05, 3.63) is 23.5 Å². The molecule has 25 heavy (non-hydrogen) atoms. The summed E-state index contributed by atoms with van der Waals surface area (Å²) < 4.78 is 31.9. The molecule has 0 bridgehead atoms. The molecule has 3 nitrogen and oxygen atoms in total. The van der Waals surface area contributed by atoms with E-state index >= 15 is 0 Å². The molecule has 1 heterocycles. The van der Waals surface area contributed by atoms with E-state index in [-0.39, 0.29) is 11.9 Å². The summed E-state index contributed by atoms with van der Waals surface area (Å²) in [7, 11) is 0. The van der Waals surface area contributed by atoms with E-state index in [1.165, 1.54) is 6.07 Å². The normalized spacial score (nSPS) is 26.0. The van der Waals surface area contributed by atoms with Crippen LogP contribution in [0.2, 0.25) is 0 Å². The van der Waals surface area contributed by atoms with Crippen LogP contribution >= 0.6 is 0 Å². The fraction of sp³-hybridized carbons (Fsp3) is 0.714. The molecule has 2 aliphatic rings. The predicted molar refractivity (Wildman–Crippen MR) is 96.9 cm³/mol. The maximum absolute atomic E-state index is 14.4. The van der Waals surface area contributed by atoms with Crippen molar-refractivity contribution in [2.24, 2.45) is 5.92 Å². The van der Waals surface area contributed by atoms with E-state index < -0.39 is 0 Å². The molecule has 140 valence electrons. The third kappa shape index (κ3) is 4.87. The van der Waals surface area contributed by atoms with Crippen LogP contribution in [0.3, 0.4) is 0 Å². The minimum absolute atomic E-state index is 0.152. The van der Waals surface area contributed by atoms with Crippen LogP contribution in [0.4, 0.5) is 4.39 Å². The Kier molecular flexibility index (Phi) is 6.57. The molecule has 1 unspecified atom stereocenters. The predicted octanol–water partition coefficient (Wildman–Crippen LogP) is 5.29. The molecule has 1 aromatic carbocycles. The van der Waals surface area contributed by atoms with Gasteiger partial charge in [-0.3, -0.25) is 0 Å². The highest BCUT2D eigenvalue weighted by Gasteiger charge is 2.25. The van der Waals surface area contributed by atoms with Gasteiger partial charge in [-0.25, -0.2) is 4.39 Å². The summed E-state index contributed by atoms with van der Waals surface area (Å²) in [4.78, 5) is 0. The fourth-order valence-corrected chi connectivity index (χ4v) is 4.01. The van der Waals surface area contributed by atoms with Crippen LogP contribution in [0.15, 0.2) is 12.1 Å². The molecular weight excluding hydrogens is 319 g/mol. The first kappa shape index (κ1) is 18.5. The first-order valence-electron chi connectivity index (χ1n) is 9.93. The van der Waals surface area contributed by atoms with E-state index in [1.54, 1.807) is 0 Å². The van der Waals surface area contributed by atoms with Crippen LogP contribution in [0, 0.1) is 11.7 Å². The highest BCUT2D eigenvalue weighted by molar-refractivity contribution is 5.43. The molecule has 1 aliphatic carbocycles. The lowest BCUT2D eigenvalue weighted by Crippen LogP contribution is -2.25. The van der Waals surface area contributed by atoms with E-state index in [4.69, 9.17) is 14.2 Å². The molecule has 0 radical (unpaired) electrons. The Morgan fingerprint density at radius 1 is 1.12 bits per heavy atom. The fourth-order valence-electron chi connectivity index (χ4n) is 4.01. The molecule has 4 heteroatoms. The van der Waals surface area contributed by atoms with Gasteiger partial charge in [0.15, 0.2) is 11.6 Å². The lowest BCUT2D eigenvalue weighted by molar-refractivity contribution is 0.0199. The van der Waals surface area contributed by atoms with E-state index in [0.717, 1.165) is 63.5 Å². The number of halogens is 1. The molecule has 1 aromatic rings. The lowest BCUT2D eigenvalue weighted by atomic mass is 9.88. The van der Waals surface area contributed by atoms with Crippen molar-refractivity contribution in [1.82, 2.24) is 0 Å². The Morgan fingerprint density at radius 3 is 2.64 bits per heavy atom. The average Bonchev–Trinajstić information content (AvgIpc) is 2.62. The zero-order chi connectivity index (χ0) is 17.6. The summed E-state index contributed by atoms with van der Waals surface area (Å²) >= 11 is 0. The van der Waals surface area contributed by atoms with Crippen LogP contribution in [0.5, 0.6) is 11.5 Å². The van der Waals surface area contributed by atoms with Gasteiger partial charge in [0.25, 0.3) is 0 Å². The quantitative estimate of drug-likeness (QED) is 0.668. The summed E-state index contributed by atoms with van der Waals surface area (Å²) in [6.45, 7) is 5.64. The highest BCUT2D eigenvalue weighted by Crippen LogP contribution is 2.35. The standard InChI is InChI=1S/C21H31FO3/c1-3-5-18-11-8-16-12-19(13-20(22)21(16)25-18)24-14-15-6-9-17(10-7-15)23-4-2/h12-13,15,17-18H,3-11,14H2,1-2H3. The largest absolute Gasteiger partial charge is 0.493 e. The van der Waals surface area contributed by atoms with Crippen LogP contribution in [0.1, 0.15) is 64.4 Å². The third-order valence-electron chi connectivity index (χ3n) is 5.41. The minimum Gasteiger partial charge on any atom is -0.493 e. The molecule has 0 amide bonds. The van der Waals surface area contributed by atoms with Crippen molar-refractivity contribution in [2.75, 3.05) is 13.2 Å². The highest BCUT2D eigenvalue weighted by atomic mass is 19.1. The first-order valence-corrected chi connectivity index (χ1v) is 9.93. The third-order valence-corrected chi connectivity index (χ3v) is 5.41. The zero-order valence-corrected chi connectivity index (χ0v) is 15.6. The second-order valence-electron chi connectivity index (χ2n) is 7.37. The lowest BCUT2D eigenvalue weighted by Gasteiger charge is -2.29. The minimum atomic E-state index is -0.284. The Bertz CT molecular complexity index is 552. The molecule has 1 aliphatic heterocycles. The molecule has 3 rings (SSSR count). The monoisotopic (exact) mass is 350 g/mol. The van der Waals surface area contributed by atoms with Crippen molar-refractivity contribution in [3.8, 4) is 11.5 Å². The Balaban J connectivity index is 1.53. The smallest absolute Gasteiger partial charge is 0.169 e. The average molecular weight is 350 g/mol. The maximum atomic E-state index is 14.4. The SMILES string of the molecule is CCCC1CCc2cc(OCC3CCC(OCC)CC3)cc(F)c2O1. The Morgan fingerprint density at radius 2 is 1.92 bits per heavy atom. The molecule has 0 N–H and O–H groups in total. The van der Waals surface area contributed by atoms with Gasteiger partial charge in [-0.2, -0.15) is 0 Å². The molecule has 0 aromatic heterocycles. The van der Waals surface area contributed by atoms with Crippen molar-refractivity contribution in [3.63, 3.8) is 0 Å². The van der Waals surface area contributed by atoms with Crippen LogP contribution in [-0.4, -0.2) is 25.4 Å². The Labute approximate surface area is 150 Å². The number of benzene rings is 1. The molecule has 1 saturated carbocycles. The zero-order valence-electron chi connectivity index (χ0n) is 15.6.